The molecule has 7 heteroatoms. The highest BCUT2D eigenvalue weighted by Gasteiger charge is 2.08. The van der Waals surface area contributed by atoms with Crippen molar-refractivity contribution in [1.29, 1.82) is 0 Å². The average molecular weight is 334 g/mol. The Kier molecular flexibility index (Phi) is 6.24. The highest BCUT2D eigenvalue weighted by atomic mass is 19.3. The Morgan fingerprint density at radius 1 is 1.21 bits per heavy atom. The van der Waals surface area contributed by atoms with E-state index in [1.54, 1.807) is 42.5 Å². The van der Waals surface area contributed by atoms with E-state index in [2.05, 4.69) is 15.3 Å². The van der Waals surface area contributed by atoms with Crippen LogP contribution in [0.1, 0.15) is 22.8 Å². The van der Waals surface area contributed by atoms with Crippen molar-refractivity contribution in [2.45, 2.75) is 13.5 Å². The Hall–Kier alpha value is -2.96. The van der Waals surface area contributed by atoms with Crippen molar-refractivity contribution in [1.82, 2.24) is 5.43 Å². The third-order valence-electron chi connectivity index (χ3n) is 2.93. The Bertz CT molecular complexity index is 703. The van der Waals surface area contributed by atoms with Crippen molar-refractivity contribution in [3.63, 3.8) is 0 Å². The normalized spacial score (nSPS) is 10.8. The molecule has 5 nitrogen and oxygen atoms in total. The number of amides is 1. The molecule has 126 valence electrons. The Labute approximate surface area is 137 Å². The molecule has 0 aliphatic rings. The van der Waals surface area contributed by atoms with E-state index in [1.165, 1.54) is 12.3 Å². The van der Waals surface area contributed by atoms with Crippen LogP contribution in [0.25, 0.3) is 0 Å². The lowest BCUT2D eigenvalue weighted by Crippen LogP contribution is -2.17. The van der Waals surface area contributed by atoms with Gasteiger partial charge in [0.25, 0.3) is 5.91 Å². The summed E-state index contributed by atoms with van der Waals surface area (Å²) in [5.41, 5.74) is 3.05. The Morgan fingerprint density at radius 2 is 1.92 bits per heavy atom. The van der Waals surface area contributed by atoms with E-state index in [-0.39, 0.29) is 5.75 Å². The van der Waals surface area contributed by atoms with Gasteiger partial charge in [-0.15, -0.1) is 0 Å². The fraction of sp³-hybridized carbons (Fsp3) is 0.176. The van der Waals surface area contributed by atoms with Gasteiger partial charge in [-0.1, -0.05) is 12.1 Å². The van der Waals surface area contributed by atoms with E-state index in [1.807, 2.05) is 6.92 Å². The van der Waals surface area contributed by atoms with Gasteiger partial charge in [0.05, 0.1) is 12.8 Å². The number of hydrazone groups is 1. The van der Waals surface area contributed by atoms with Gasteiger partial charge in [0.2, 0.25) is 0 Å². The number of benzene rings is 2. The molecule has 2 aromatic rings. The van der Waals surface area contributed by atoms with Crippen LogP contribution in [0.2, 0.25) is 0 Å². The van der Waals surface area contributed by atoms with Crippen molar-refractivity contribution >= 4 is 12.1 Å². The molecular formula is C17H16F2N2O3. The second-order valence-corrected chi connectivity index (χ2v) is 4.57. The van der Waals surface area contributed by atoms with Crippen molar-refractivity contribution in [2.75, 3.05) is 6.61 Å². The smallest absolute Gasteiger partial charge is 0.387 e. The first-order valence-electron chi connectivity index (χ1n) is 7.20. The number of para-hydroxylation sites is 1. The predicted octanol–water partition coefficient (Wildman–Crippen LogP) is 3.45. The van der Waals surface area contributed by atoms with E-state index in [0.29, 0.717) is 23.5 Å². The number of hydrogen-bond acceptors (Lipinski definition) is 4. The van der Waals surface area contributed by atoms with Gasteiger partial charge in [-0.25, -0.2) is 5.43 Å². The van der Waals surface area contributed by atoms with Gasteiger partial charge < -0.3 is 9.47 Å². The van der Waals surface area contributed by atoms with Crippen molar-refractivity contribution < 1.29 is 23.0 Å². The molecule has 0 aliphatic carbocycles. The molecule has 0 unspecified atom stereocenters. The third-order valence-corrected chi connectivity index (χ3v) is 2.93. The summed E-state index contributed by atoms with van der Waals surface area (Å²) in [4.78, 5) is 11.9. The van der Waals surface area contributed by atoms with Crippen LogP contribution in [-0.4, -0.2) is 25.3 Å². The summed E-state index contributed by atoms with van der Waals surface area (Å²) in [5, 5.41) is 3.76. The molecule has 0 saturated heterocycles. The zero-order valence-corrected chi connectivity index (χ0v) is 12.9. The number of ether oxygens (including phenoxy) is 2. The number of halogens is 2. The monoisotopic (exact) mass is 334 g/mol. The highest BCUT2D eigenvalue weighted by Crippen LogP contribution is 2.18. The zero-order chi connectivity index (χ0) is 17.4. The molecule has 0 aliphatic heterocycles. The van der Waals surface area contributed by atoms with Gasteiger partial charge in [0, 0.05) is 11.1 Å². The summed E-state index contributed by atoms with van der Waals surface area (Å²) >= 11 is 0. The third kappa shape index (κ3) is 5.05. The number of carbonyl (C=O) groups excluding carboxylic acids is 1. The van der Waals surface area contributed by atoms with Crippen LogP contribution in [0.3, 0.4) is 0 Å². The van der Waals surface area contributed by atoms with Gasteiger partial charge >= 0.3 is 6.61 Å². The first-order chi connectivity index (χ1) is 11.6. The van der Waals surface area contributed by atoms with Crippen molar-refractivity contribution in [3.05, 3.63) is 59.7 Å². The maximum Gasteiger partial charge on any atom is 0.387 e. The molecule has 0 heterocycles. The maximum absolute atomic E-state index is 12.3. The molecule has 24 heavy (non-hydrogen) atoms. The van der Waals surface area contributed by atoms with E-state index in [9.17, 15) is 13.6 Å². The summed E-state index contributed by atoms with van der Waals surface area (Å²) in [6.45, 7) is -0.529. The Morgan fingerprint density at radius 3 is 2.58 bits per heavy atom. The van der Waals surface area contributed by atoms with Crippen molar-refractivity contribution in [2.24, 2.45) is 5.10 Å². The summed E-state index contributed by atoms with van der Waals surface area (Å²) in [7, 11) is 0. The molecular weight excluding hydrogens is 318 g/mol. The number of nitrogens with zero attached hydrogens (tertiary/aromatic N) is 1. The number of nitrogens with one attached hydrogen (secondary N) is 1. The molecule has 2 rings (SSSR count). The lowest BCUT2D eigenvalue weighted by molar-refractivity contribution is -0.0499. The molecule has 0 saturated carbocycles. The first-order valence-corrected chi connectivity index (χ1v) is 7.20. The number of rotatable bonds is 7. The molecule has 0 bridgehead atoms. The fourth-order valence-electron chi connectivity index (χ4n) is 1.88. The number of alkyl halides is 2. The van der Waals surface area contributed by atoms with Crippen molar-refractivity contribution in [3.8, 4) is 11.5 Å². The van der Waals surface area contributed by atoms with Gasteiger partial charge in [-0.3, -0.25) is 4.79 Å². The van der Waals surface area contributed by atoms with Crippen LogP contribution in [-0.2, 0) is 0 Å². The molecule has 0 spiro atoms. The highest BCUT2D eigenvalue weighted by molar-refractivity contribution is 5.95. The number of hydrogen-bond donors (Lipinski definition) is 1. The van der Waals surface area contributed by atoms with Crippen LogP contribution in [0, 0.1) is 0 Å². The van der Waals surface area contributed by atoms with Gasteiger partial charge in [-0.2, -0.15) is 13.9 Å². The van der Waals surface area contributed by atoms with Crippen LogP contribution < -0.4 is 14.9 Å². The molecule has 1 amide bonds. The zero-order valence-electron chi connectivity index (χ0n) is 12.9. The molecule has 0 atom stereocenters. The maximum atomic E-state index is 12.3. The minimum atomic E-state index is -2.93. The average Bonchev–Trinajstić information content (AvgIpc) is 2.57. The van der Waals surface area contributed by atoms with Gasteiger partial charge in [0.15, 0.2) is 0 Å². The second kappa shape index (κ2) is 8.61. The molecule has 0 aromatic heterocycles. The second-order valence-electron chi connectivity index (χ2n) is 4.57. The standard InChI is InChI=1S/C17H16F2N2O3/c1-2-23-14-9-7-12(8-10-14)16(22)21-20-11-13-5-3-4-6-15(13)24-17(18)19/h3-11,17H,2H2,1H3,(H,21,22)/b20-11-. The predicted molar refractivity (Wildman–Crippen MR) is 85.7 cm³/mol. The van der Waals surface area contributed by atoms with Crippen LogP contribution in [0.15, 0.2) is 53.6 Å². The quantitative estimate of drug-likeness (QED) is 0.623. The lowest BCUT2D eigenvalue weighted by Gasteiger charge is -2.07. The number of carbonyl (C=O) groups is 1. The summed E-state index contributed by atoms with van der Waals surface area (Å²) in [6.07, 6.45) is 1.24. The van der Waals surface area contributed by atoms with Crippen LogP contribution >= 0.6 is 0 Å². The van der Waals surface area contributed by atoms with E-state index < -0.39 is 12.5 Å². The Balaban J connectivity index is 1.99. The largest absolute Gasteiger partial charge is 0.494 e. The van der Waals surface area contributed by atoms with E-state index >= 15 is 0 Å². The SMILES string of the molecule is CCOc1ccc(C(=O)N/N=C\c2ccccc2OC(F)F)cc1. The lowest BCUT2D eigenvalue weighted by atomic mass is 10.2. The molecule has 2 aromatic carbocycles. The molecule has 0 fully saturated rings. The van der Waals surface area contributed by atoms with Crippen LogP contribution in [0.4, 0.5) is 8.78 Å². The van der Waals surface area contributed by atoms with Gasteiger partial charge in [-0.05, 0) is 43.3 Å². The molecule has 1 N–H and O–H groups in total. The van der Waals surface area contributed by atoms with Gasteiger partial charge in [0.1, 0.15) is 11.5 Å². The van der Waals surface area contributed by atoms with E-state index in [0.717, 1.165) is 0 Å². The minimum absolute atomic E-state index is 0.0217. The summed E-state index contributed by atoms with van der Waals surface area (Å²) in [5.74, 6) is 0.212. The topological polar surface area (TPSA) is 59.9 Å². The first kappa shape index (κ1) is 17.4. The fourth-order valence-corrected chi connectivity index (χ4v) is 1.88. The van der Waals surface area contributed by atoms with E-state index in [4.69, 9.17) is 4.74 Å². The molecule has 0 radical (unpaired) electrons. The minimum Gasteiger partial charge on any atom is -0.494 e. The summed E-state index contributed by atoms with van der Waals surface area (Å²) < 4.78 is 34.3. The summed E-state index contributed by atoms with van der Waals surface area (Å²) in [6, 6.07) is 12.7. The van der Waals surface area contributed by atoms with Crippen LogP contribution in [0.5, 0.6) is 11.5 Å².